The van der Waals surface area contributed by atoms with Gasteiger partial charge in [-0.2, -0.15) is 0 Å². The van der Waals surface area contributed by atoms with E-state index < -0.39 is 0 Å². The first-order valence-corrected chi connectivity index (χ1v) is 13.6. The summed E-state index contributed by atoms with van der Waals surface area (Å²) in [5.41, 5.74) is 1.86. The molecular formula is C23H27N3O3S3. The molecule has 1 aromatic carbocycles. The molecule has 3 heterocycles. The zero-order valence-corrected chi connectivity index (χ0v) is 21.1. The van der Waals surface area contributed by atoms with Crippen LogP contribution in [0, 0.1) is 0 Å². The maximum Gasteiger partial charge on any atom is 0.234 e. The number of thiophene rings is 1. The Morgan fingerprint density at radius 3 is 2.75 bits per heavy atom. The van der Waals surface area contributed by atoms with Gasteiger partial charge in [0.1, 0.15) is 15.6 Å². The molecule has 1 unspecified atom stereocenters. The standard InChI is InChI=1S/C23H27N3O3S3/c1-5-23(3)11-16-17(12-29-23)32-21-19(16)20(25-22(26-21)30-4)31-13-18(27)24-14-7-9-15(10-8-14)28-6-2/h7-10H,5-6,11-13H2,1-4H3,(H,24,27). The van der Waals surface area contributed by atoms with E-state index in [2.05, 4.69) is 19.2 Å². The highest BCUT2D eigenvalue weighted by Gasteiger charge is 2.33. The highest BCUT2D eigenvalue weighted by Crippen LogP contribution is 2.43. The quantitative estimate of drug-likeness (QED) is 0.244. The molecule has 9 heteroatoms. The van der Waals surface area contributed by atoms with Crippen molar-refractivity contribution < 1.29 is 14.3 Å². The van der Waals surface area contributed by atoms with E-state index in [0.717, 1.165) is 44.7 Å². The molecule has 0 saturated carbocycles. The number of anilines is 1. The topological polar surface area (TPSA) is 73.3 Å². The third kappa shape index (κ3) is 5.06. The molecule has 1 aliphatic heterocycles. The summed E-state index contributed by atoms with van der Waals surface area (Å²) >= 11 is 4.67. The molecular weight excluding hydrogens is 462 g/mol. The zero-order valence-electron chi connectivity index (χ0n) is 18.7. The highest BCUT2D eigenvalue weighted by molar-refractivity contribution is 8.00. The van der Waals surface area contributed by atoms with Gasteiger partial charge in [0.25, 0.3) is 0 Å². The maximum absolute atomic E-state index is 12.6. The van der Waals surface area contributed by atoms with E-state index in [0.29, 0.717) is 13.2 Å². The lowest BCUT2D eigenvalue weighted by Crippen LogP contribution is -2.33. The number of hydrogen-bond donors (Lipinski definition) is 1. The first-order chi connectivity index (χ1) is 15.4. The van der Waals surface area contributed by atoms with Crippen molar-refractivity contribution in [2.75, 3.05) is 23.9 Å². The smallest absolute Gasteiger partial charge is 0.234 e. The van der Waals surface area contributed by atoms with Crippen LogP contribution in [0.4, 0.5) is 5.69 Å². The molecule has 3 aromatic rings. The number of hydrogen-bond acceptors (Lipinski definition) is 8. The number of benzene rings is 1. The van der Waals surface area contributed by atoms with Gasteiger partial charge >= 0.3 is 0 Å². The van der Waals surface area contributed by atoms with Gasteiger partial charge < -0.3 is 14.8 Å². The van der Waals surface area contributed by atoms with Gasteiger partial charge in [0.15, 0.2) is 5.16 Å². The fraction of sp³-hybridized carbons (Fsp3) is 0.435. The SMILES string of the molecule is CCOc1ccc(NC(=O)CSc2nc(SC)nc3sc4c(c23)CC(C)(CC)OC4)cc1. The minimum absolute atomic E-state index is 0.0672. The molecule has 1 N–H and O–H groups in total. The lowest BCUT2D eigenvalue weighted by molar-refractivity contribution is -0.113. The van der Waals surface area contributed by atoms with E-state index in [1.807, 2.05) is 37.4 Å². The molecule has 6 nitrogen and oxygen atoms in total. The third-order valence-electron chi connectivity index (χ3n) is 5.50. The number of thioether (sulfide) groups is 2. The van der Waals surface area contributed by atoms with Crippen LogP contribution in [-0.4, -0.2) is 40.1 Å². The molecule has 0 saturated heterocycles. The average Bonchev–Trinajstić information content (AvgIpc) is 3.16. The lowest BCUT2D eigenvalue weighted by Gasteiger charge is -2.33. The van der Waals surface area contributed by atoms with Crippen LogP contribution in [0.3, 0.4) is 0 Å². The molecule has 0 bridgehead atoms. The van der Waals surface area contributed by atoms with Crippen LogP contribution in [0.15, 0.2) is 34.4 Å². The van der Waals surface area contributed by atoms with Crippen LogP contribution >= 0.6 is 34.9 Å². The van der Waals surface area contributed by atoms with Gasteiger partial charge in [0.2, 0.25) is 5.91 Å². The monoisotopic (exact) mass is 489 g/mol. The summed E-state index contributed by atoms with van der Waals surface area (Å²) in [7, 11) is 0. The van der Waals surface area contributed by atoms with Crippen molar-refractivity contribution in [3.63, 3.8) is 0 Å². The highest BCUT2D eigenvalue weighted by atomic mass is 32.2. The molecule has 4 rings (SSSR count). The molecule has 2 aromatic heterocycles. The Hall–Kier alpha value is -1.81. The van der Waals surface area contributed by atoms with Crippen molar-refractivity contribution in [1.29, 1.82) is 0 Å². The molecule has 170 valence electrons. The van der Waals surface area contributed by atoms with Crippen molar-refractivity contribution in [2.24, 2.45) is 0 Å². The minimum Gasteiger partial charge on any atom is -0.494 e. The van der Waals surface area contributed by atoms with Gasteiger partial charge in [-0.3, -0.25) is 4.79 Å². The second-order valence-electron chi connectivity index (χ2n) is 7.76. The molecule has 0 spiro atoms. The van der Waals surface area contributed by atoms with Gasteiger partial charge in [0, 0.05) is 22.4 Å². The van der Waals surface area contributed by atoms with Gasteiger partial charge in [-0.05, 0) is 56.4 Å². The Kier molecular flexibility index (Phi) is 7.29. The Labute approximate surface area is 200 Å². The maximum atomic E-state index is 12.6. The number of aromatic nitrogens is 2. The summed E-state index contributed by atoms with van der Waals surface area (Å²) in [6, 6.07) is 7.41. The average molecular weight is 490 g/mol. The first kappa shape index (κ1) is 23.4. The molecule has 0 aliphatic carbocycles. The Balaban J connectivity index is 1.54. The number of nitrogens with zero attached hydrogens (tertiary/aromatic N) is 2. The predicted molar refractivity (Wildman–Crippen MR) is 133 cm³/mol. The summed E-state index contributed by atoms with van der Waals surface area (Å²) in [6.07, 6.45) is 3.76. The van der Waals surface area contributed by atoms with E-state index in [4.69, 9.17) is 19.4 Å². The van der Waals surface area contributed by atoms with Gasteiger partial charge in [0.05, 0.1) is 24.6 Å². The second kappa shape index (κ2) is 9.99. The van der Waals surface area contributed by atoms with Crippen LogP contribution in [0.1, 0.15) is 37.6 Å². The zero-order chi connectivity index (χ0) is 22.7. The number of ether oxygens (including phenoxy) is 2. The van der Waals surface area contributed by atoms with E-state index in [1.165, 1.54) is 34.0 Å². The van der Waals surface area contributed by atoms with Gasteiger partial charge in [-0.15, -0.1) is 11.3 Å². The normalized spacial score (nSPS) is 17.9. The van der Waals surface area contributed by atoms with Crippen LogP contribution in [0.5, 0.6) is 5.75 Å². The van der Waals surface area contributed by atoms with E-state index in [1.54, 1.807) is 11.3 Å². The summed E-state index contributed by atoms with van der Waals surface area (Å²) in [5, 5.41) is 5.64. The predicted octanol–water partition coefficient (Wildman–Crippen LogP) is 5.78. The van der Waals surface area contributed by atoms with Crippen LogP contribution in [-0.2, 0) is 22.6 Å². The van der Waals surface area contributed by atoms with Crippen molar-refractivity contribution in [3.8, 4) is 5.75 Å². The van der Waals surface area contributed by atoms with Crippen molar-refractivity contribution >= 4 is 56.7 Å². The number of carbonyl (C=O) groups is 1. The third-order valence-corrected chi connectivity index (χ3v) is 8.12. The van der Waals surface area contributed by atoms with E-state index >= 15 is 0 Å². The van der Waals surface area contributed by atoms with E-state index in [9.17, 15) is 4.79 Å². The van der Waals surface area contributed by atoms with Crippen molar-refractivity contribution in [2.45, 2.75) is 56.0 Å². The van der Waals surface area contributed by atoms with Crippen LogP contribution in [0.2, 0.25) is 0 Å². The fourth-order valence-electron chi connectivity index (χ4n) is 3.57. The van der Waals surface area contributed by atoms with Crippen molar-refractivity contribution in [1.82, 2.24) is 9.97 Å². The molecule has 1 aliphatic rings. The summed E-state index contributed by atoms with van der Waals surface area (Å²) < 4.78 is 11.6. The largest absolute Gasteiger partial charge is 0.494 e. The summed E-state index contributed by atoms with van der Waals surface area (Å²) in [6.45, 7) is 7.48. The van der Waals surface area contributed by atoms with Crippen molar-refractivity contribution in [3.05, 3.63) is 34.7 Å². The Bertz CT molecular complexity index is 1120. The van der Waals surface area contributed by atoms with Crippen LogP contribution < -0.4 is 10.1 Å². The summed E-state index contributed by atoms with van der Waals surface area (Å²) in [4.78, 5) is 24.3. The van der Waals surface area contributed by atoms with Gasteiger partial charge in [-0.1, -0.05) is 30.4 Å². The van der Waals surface area contributed by atoms with E-state index in [-0.39, 0.29) is 17.3 Å². The number of fused-ring (bicyclic) bond motifs is 3. The molecule has 0 fully saturated rings. The lowest BCUT2D eigenvalue weighted by atomic mass is 9.90. The number of nitrogens with one attached hydrogen (secondary N) is 1. The Morgan fingerprint density at radius 1 is 1.28 bits per heavy atom. The Morgan fingerprint density at radius 2 is 2.06 bits per heavy atom. The number of amides is 1. The molecule has 1 amide bonds. The summed E-state index contributed by atoms with van der Waals surface area (Å²) in [5.74, 6) is 1.000. The second-order valence-corrected chi connectivity index (χ2v) is 10.6. The number of rotatable bonds is 8. The first-order valence-electron chi connectivity index (χ1n) is 10.6. The molecule has 1 atom stereocenters. The van der Waals surface area contributed by atoms with Gasteiger partial charge in [-0.25, -0.2) is 9.97 Å². The fourth-order valence-corrected chi connectivity index (χ4v) is 6.08. The molecule has 0 radical (unpaired) electrons. The minimum atomic E-state index is -0.174. The number of carbonyl (C=O) groups excluding carboxylic acids is 1. The molecule has 32 heavy (non-hydrogen) atoms. The van der Waals surface area contributed by atoms with Crippen LogP contribution in [0.25, 0.3) is 10.2 Å².